The SMILES string of the molecule is COCCN(Cc1ccncc1)C(=O)c1cn[nH]c1-c1ccccc1. The summed E-state index contributed by atoms with van der Waals surface area (Å²) in [6.07, 6.45) is 5.03. The minimum absolute atomic E-state index is 0.0820. The van der Waals surface area contributed by atoms with Gasteiger partial charge in [0.1, 0.15) is 0 Å². The van der Waals surface area contributed by atoms with Crippen molar-refractivity contribution in [2.45, 2.75) is 6.54 Å². The number of nitrogens with one attached hydrogen (secondary N) is 1. The summed E-state index contributed by atoms with van der Waals surface area (Å²) in [6.45, 7) is 1.45. The van der Waals surface area contributed by atoms with Crippen LogP contribution in [0.1, 0.15) is 15.9 Å². The van der Waals surface area contributed by atoms with E-state index in [1.165, 1.54) is 0 Å². The van der Waals surface area contributed by atoms with Crippen LogP contribution in [0.15, 0.2) is 61.1 Å². The normalized spacial score (nSPS) is 10.6. The topological polar surface area (TPSA) is 71.1 Å². The number of aromatic nitrogens is 3. The zero-order chi connectivity index (χ0) is 17.5. The molecule has 0 fully saturated rings. The molecule has 0 spiro atoms. The Morgan fingerprint density at radius 3 is 2.64 bits per heavy atom. The molecule has 0 bridgehead atoms. The predicted molar refractivity (Wildman–Crippen MR) is 94.9 cm³/mol. The van der Waals surface area contributed by atoms with Crippen molar-refractivity contribution in [3.63, 3.8) is 0 Å². The second-order valence-electron chi connectivity index (χ2n) is 5.60. The quantitative estimate of drug-likeness (QED) is 0.720. The summed E-state index contributed by atoms with van der Waals surface area (Å²) in [5.41, 5.74) is 3.22. The highest BCUT2D eigenvalue weighted by atomic mass is 16.5. The maximum atomic E-state index is 13.1. The smallest absolute Gasteiger partial charge is 0.258 e. The highest BCUT2D eigenvalue weighted by Crippen LogP contribution is 2.22. The molecule has 0 aliphatic carbocycles. The van der Waals surface area contributed by atoms with Gasteiger partial charge in [0, 0.05) is 38.2 Å². The highest BCUT2D eigenvalue weighted by Gasteiger charge is 2.21. The lowest BCUT2D eigenvalue weighted by atomic mass is 10.1. The summed E-state index contributed by atoms with van der Waals surface area (Å²) in [4.78, 5) is 18.9. The third kappa shape index (κ3) is 4.10. The Labute approximate surface area is 146 Å². The van der Waals surface area contributed by atoms with E-state index in [1.807, 2.05) is 42.5 Å². The molecule has 2 aromatic heterocycles. The molecule has 0 unspecified atom stereocenters. The van der Waals surface area contributed by atoms with E-state index in [0.29, 0.717) is 25.3 Å². The van der Waals surface area contributed by atoms with Crippen molar-refractivity contribution in [2.75, 3.05) is 20.3 Å². The van der Waals surface area contributed by atoms with Crippen molar-refractivity contribution >= 4 is 5.91 Å². The first kappa shape index (κ1) is 16.9. The van der Waals surface area contributed by atoms with Gasteiger partial charge < -0.3 is 9.64 Å². The van der Waals surface area contributed by atoms with Gasteiger partial charge in [0.05, 0.1) is 24.1 Å². The van der Waals surface area contributed by atoms with Crippen molar-refractivity contribution in [3.8, 4) is 11.3 Å². The molecule has 0 saturated carbocycles. The van der Waals surface area contributed by atoms with Crippen LogP contribution in [0.4, 0.5) is 0 Å². The molecule has 128 valence electrons. The number of ether oxygens (including phenoxy) is 1. The van der Waals surface area contributed by atoms with Crippen LogP contribution in [0.3, 0.4) is 0 Å². The Morgan fingerprint density at radius 2 is 1.92 bits per heavy atom. The van der Waals surface area contributed by atoms with Crippen LogP contribution < -0.4 is 0 Å². The molecule has 25 heavy (non-hydrogen) atoms. The van der Waals surface area contributed by atoms with E-state index in [2.05, 4.69) is 15.2 Å². The van der Waals surface area contributed by atoms with Crippen LogP contribution in [0, 0.1) is 0 Å². The number of rotatable bonds is 7. The molecule has 0 radical (unpaired) electrons. The first-order chi connectivity index (χ1) is 12.3. The van der Waals surface area contributed by atoms with E-state index in [9.17, 15) is 4.79 Å². The molecule has 1 amide bonds. The summed E-state index contributed by atoms with van der Waals surface area (Å²) in [5, 5.41) is 7.01. The molecule has 0 saturated heterocycles. The van der Waals surface area contributed by atoms with Crippen molar-refractivity contribution in [2.24, 2.45) is 0 Å². The average molecular weight is 336 g/mol. The number of hydrogen-bond acceptors (Lipinski definition) is 4. The number of nitrogens with zero attached hydrogens (tertiary/aromatic N) is 3. The van der Waals surface area contributed by atoms with E-state index in [4.69, 9.17) is 4.74 Å². The van der Waals surface area contributed by atoms with Crippen molar-refractivity contribution in [1.82, 2.24) is 20.1 Å². The Balaban J connectivity index is 1.86. The number of pyridine rings is 1. The van der Waals surface area contributed by atoms with Crippen LogP contribution in [0.25, 0.3) is 11.3 Å². The van der Waals surface area contributed by atoms with Crippen LogP contribution in [-0.2, 0) is 11.3 Å². The van der Waals surface area contributed by atoms with Crippen LogP contribution in [0.5, 0.6) is 0 Å². The molecule has 3 aromatic rings. The van der Waals surface area contributed by atoms with Gasteiger partial charge in [-0.2, -0.15) is 5.10 Å². The van der Waals surface area contributed by atoms with E-state index in [-0.39, 0.29) is 5.91 Å². The Kier molecular flexibility index (Phi) is 5.53. The number of H-pyrrole nitrogens is 1. The summed E-state index contributed by atoms with van der Waals surface area (Å²) in [5.74, 6) is -0.0820. The van der Waals surface area contributed by atoms with Crippen LogP contribution in [-0.4, -0.2) is 46.2 Å². The predicted octanol–water partition coefficient (Wildman–Crippen LogP) is 2.76. The molecule has 6 nitrogen and oxygen atoms in total. The Bertz CT molecular complexity index is 803. The molecule has 0 aliphatic heterocycles. The minimum atomic E-state index is -0.0820. The lowest BCUT2D eigenvalue weighted by Gasteiger charge is -2.22. The fourth-order valence-electron chi connectivity index (χ4n) is 2.61. The Hall–Kier alpha value is -2.99. The number of hydrogen-bond donors (Lipinski definition) is 1. The van der Waals surface area contributed by atoms with E-state index in [0.717, 1.165) is 16.8 Å². The summed E-state index contributed by atoms with van der Waals surface area (Å²) >= 11 is 0. The molecule has 0 aliphatic rings. The summed E-state index contributed by atoms with van der Waals surface area (Å²) in [6, 6.07) is 13.5. The fraction of sp³-hybridized carbons (Fsp3) is 0.211. The largest absolute Gasteiger partial charge is 0.383 e. The number of aromatic amines is 1. The second kappa shape index (κ2) is 8.21. The van der Waals surface area contributed by atoms with Gasteiger partial charge in [-0.1, -0.05) is 30.3 Å². The zero-order valence-corrected chi connectivity index (χ0v) is 14.1. The minimum Gasteiger partial charge on any atom is -0.383 e. The van der Waals surface area contributed by atoms with Crippen molar-refractivity contribution in [3.05, 3.63) is 72.2 Å². The number of methoxy groups -OCH3 is 1. The maximum absolute atomic E-state index is 13.1. The number of carbonyl (C=O) groups excluding carboxylic acids is 1. The monoisotopic (exact) mass is 336 g/mol. The van der Waals surface area contributed by atoms with Crippen molar-refractivity contribution in [1.29, 1.82) is 0 Å². The highest BCUT2D eigenvalue weighted by molar-refractivity contribution is 5.99. The molecule has 6 heteroatoms. The third-order valence-corrected chi connectivity index (χ3v) is 3.91. The molecular formula is C19H20N4O2. The number of benzene rings is 1. The van der Waals surface area contributed by atoms with Gasteiger partial charge in [-0.05, 0) is 17.7 Å². The van der Waals surface area contributed by atoms with Gasteiger partial charge in [-0.3, -0.25) is 14.9 Å². The van der Waals surface area contributed by atoms with Gasteiger partial charge in [0.2, 0.25) is 0 Å². The van der Waals surface area contributed by atoms with Crippen molar-refractivity contribution < 1.29 is 9.53 Å². The fourth-order valence-corrected chi connectivity index (χ4v) is 2.61. The molecule has 3 rings (SSSR count). The zero-order valence-electron chi connectivity index (χ0n) is 14.1. The van der Waals surface area contributed by atoms with Gasteiger partial charge in [0.15, 0.2) is 0 Å². The standard InChI is InChI=1S/C19H20N4O2/c1-25-12-11-23(14-15-7-9-20-10-8-15)19(24)17-13-21-22-18(17)16-5-3-2-4-6-16/h2-10,13H,11-12,14H2,1H3,(H,21,22). The lowest BCUT2D eigenvalue weighted by molar-refractivity contribution is 0.0681. The molecule has 2 heterocycles. The summed E-state index contributed by atoms with van der Waals surface area (Å²) < 4.78 is 5.16. The van der Waals surface area contributed by atoms with Gasteiger partial charge >= 0.3 is 0 Å². The third-order valence-electron chi connectivity index (χ3n) is 3.91. The molecular weight excluding hydrogens is 316 g/mol. The van der Waals surface area contributed by atoms with Crippen LogP contribution >= 0.6 is 0 Å². The Morgan fingerprint density at radius 1 is 1.16 bits per heavy atom. The molecule has 0 atom stereocenters. The maximum Gasteiger partial charge on any atom is 0.258 e. The first-order valence-corrected chi connectivity index (χ1v) is 8.05. The van der Waals surface area contributed by atoms with Gasteiger partial charge in [0.25, 0.3) is 5.91 Å². The van der Waals surface area contributed by atoms with Gasteiger partial charge in [-0.25, -0.2) is 0 Å². The van der Waals surface area contributed by atoms with E-state index in [1.54, 1.807) is 30.6 Å². The lowest BCUT2D eigenvalue weighted by Crippen LogP contribution is -2.33. The van der Waals surface area contributed by atoms with Gasteiger partial charge in [-0.15, -0.1) is 0 Å². The average Bonchev–Trinajstić information content (AvgIpc) is 3.16. The van der Waals surface area contributed by atoms with E-state index < -0.39 is 0 Å². The summed E-state index contributed by atoms with van der Waals surface area (Å²) in [7, 11) is 1.63. The van der Waals surface area contributed by atoms with Crippen LogP contribution in [0.2, 0.25) is 0 Å². The number of amides is 1. The second-order valence-corrected chi connectivity index (χ2v) is 5.60. The molecule has 1 aromatic carbocycles. The molecule has 1 N–H and O–H groups in total. The number of carbonyl (C=O) groups is 1. The van der Waals surface area contributed by atoms with E-state index >= 15 is 0 Å². The first-order valence-electron chi connectivity index (χ1n) is 8.05.